The van der Waals surface area contributed by atoms with Crippen LogP contribution in [-0.4, -0.2) is 29.3 Å². The Bertz CT molecular complexity index is 432. The van der Waals surface area contributed by atoms with Crippen LogP contribution in [0.25, 0.3) is 0 Å². The summed E-state index contributed by atoms with van der Waals surface area (Å²) >= 11 is 0. The molecule has 0 aliphatic heterocycles. The second-order valence-electron chi connectivity index (χ2n) is 5.25. The lowest BCUT2D eigenvalue weighted by Gasteiger charge is -2.23. The summed E-state index contributed by atoms with van der Waals surface area (Å²) in [5.41, 5.74) is 5.46. The number of ether oxygens (including phenoxy) is 1. The van der Waals surface area contributed by atoms with E-state index in [0.29, 0.717) is 12.0 Å². The Balaban J connectivity index is 2.60. The molecule has 1 rings (SSSR count). The number of nitrogens with two attached hydrogens (primary N) is 1. The highest BCUT2D eigenvalue weighted by molar-refractivity contribution is 5.68. The topological polar surface area (TPSA) is 77.2 Å². The van der Waals surface area contributed by atoms with Gasteiger partial charge in [-0.25, -0.2) is 9.18 Å². The highest BCUT2D eigenvalue weighted by Gasteiger charge is 2.19. The molecule has 1 unspecified atom stereocenters. The van der Waals surface area contributed by atoms with Crippen LogP contribution >= 0.6 is 0 Å². The van der Waals surface area contributed by atoms with E-state index in [1.165, 1.54) is 6.20 Å². The first-order valence-electron chi connectivity index (χ1n) is 6.10. The number of carbonyl (C=O) groups excluding carboxylic acids is 1. The molecule has 106 valence electrons. The van der Waals surface area contributed by atoms with Gasteiger partial charge in [-0.1, -0.05) is 0 Å². The van der Waals surface area contributed by atoms with Crippen LogP contribution in [0.3, 0.4) is 0 Å². The molecule has 1 aromatic heterocycles. The van der Waals surface area contributed by atoms with Gasteiger partial charge in [0.05, 0.1) is 6.20 Å². The fourth-order valence-corrected chi connectivity index (χ4v) is 1.50. The van der Waals surface area contributed by atoms with Gasteiger partial charge in [-0.05, 0) is 38.8 Å². The molecule has 3 N–H and O–H groups in total. The van der Waals surface area contributed by atoms with Crippen LogP contribution in [0.5, 0.6) is 0 Å². The minimum atomic E-state index is -0.578. The van der Waals surface area contributed by atoms with Gasteiger partial charge in [0.2, 0.25) is 0 Å². The van der Waals surface area contributed by atoms with Gasteiger partial charge in [0.15, 0.2) is 0 Å². The molecule has 0 aliphatic carbocycles. The zero-order chi connectivity index (χ0) is 14.5. The van der Waals surface area contributed by atoms with E-state index < -0.39 is 17.5 Å². The molecule has 0 saturated carbocycles. The molecule has 1 atom stereocenters. The van der Waals surface area contributed by atoms with Crippen molar-refractivity contribution in [3.05, 3.63) is 29.8 Å². The zero-order valence-corrected chi connectivity index (χ0v) is 11.4. The molecule has 0 aliphatic rings. The number of alkyl carbamates (subject to hydrolysis) is 1. The maximum atomic E-state index is 13.4. The van der Waals surface area contributed by atoms with Crippen molar-refractivity contribution in [1.29, 1.82) is 0 Å². The molecule has 0 saturated heterocycles. The molecule has 1 heterocycles. The average molecular weight is 269 g/mol. The second kappa shape index (κ2) is 6.47. The molecule has 1 aromatic rings. The van der Waals surface area contributed by atoms with Gasteiger partial charge in [-0.15, -0.1) is 0 Å². The number of nitrogens with one attached hydrogen (secondary N) is 1. The van der Waals surface area contributed by atoms with Crippen molar-refractivity contribution in [3.63, 3.8) is 0 Å². The number of hydrogen-bond acceptors (Lipinski definition) is 4. The summed E-state index contributed by atoms with van der Waals surface area (Å²) in [6.45, 7) is 5.51. The number of hydrogen-bond donors (Lipinski definition) is 2. The monoisotopic (exact) mass is 269 g/mol. The highest BCUT2D eigenvalue weighted by atomic mass is 19.1. The normalized spacial score (nSPS) is 12.9. The number of amides is 1. The zero-order valence-electron chi connectivity index (χ0n) is 11.4. The summed E-state index contributed by atoms with van der Waals surface area (Å²) in [6, 6.07) is 1.18. The van der Waals surface area contributed by atoms with Gasteiger partial charge < -0.3 is 15.8 Å². The van der Waals surface area contributed by atoms with Gasteiger partial charge in [-0.3, -0.25) is 4.98 Å². The smallest absolute Gasteiger partial charge is 0.407 e. The van der Waals surface area contributed by atoms with Crippen molar-refractivity contribution >= 4 is 6.09 Å². The molecule has 5 nitrogen and oxygen atoms in total. The number of rotatable bonds is 4. The fourth-order valence-electron chi connectivity index (χ4n) is 1.50. The van der Waals surface area contributed by atoms with Crippen LogP contribution < -0.4 is 11.1 Å². The summed E-state index contributed by atoms with van der Waals surface area (Å²) in [5.74, 6) is -0.410. The fraction of sp³-hybridized carbons (Fsp3) is 0.538. The van der Waals surface area contributed by atoms with Crippen LogP contribution in [0.4, 0.5) is 9.18 Å². The predicted molar refractivity (Wildman–Crippen MR) is 70.1 cm³/mol. The van der Waals surface area contributed by atoms with Crippen LogP contribution in [0.15, 0.2) is 18.5 Å². The Morgan fingerprint density at radius 3 is 2.79 bits per heavy atom. The Morgan fingerprint density at radius 2 is 2.26 bits per heavy atom. The molecule has 0 bridgehead atoms. The molecular weight excluding hydrogens is 249 g/mol. The van der Waals surface area contributed by atoms with Crippen LogP contribution in [0.2, 0.25) is 0 Å². The van der Waals surface area contributed by atoms with E-state index in [-0.39, 0.29) is 12.6 Å². The third-order valence-electron chi connectivity index (χ3n) is 2.33. The summed E-state index contributed by atoms with van der Waals surface area (Å²) in [5, 5.41) is 2.63. The van der Waals surface area contributed by atoms with Crippen molar-refractivity contribution in [1.82, 2.24) is 10.3 Å². The van der Waals surface area contributed by atoms with Crippen molar-refractivity contribution < 1.29 is 13.9 Å². The molecule has 0 aromatic carbocycles. The first kappa shape index (κ1) is 15.4. The molecule has 1 amide bonds. The molecule has 0 radical (unpaired) electrons. The summed E-state index contributed by atoms with van der Waals surface area (Å²) in [7, 11) is 0. The standard InChI is InChI=1S/C13H20FN3O2/c1-13(2,3)19-12(18)17-10(7-15)6-9-4-5-16-8-11(9)14/h4-5,8,10H,6-7,15H2,1-3H3,(H,17,18). The highest BCUT2D eigenvalue weighted by Crippen LogP contribution is 2.09. The Kier molecular flexibility index (Phi) is 5.23. The minimum Gasteiger partial charge on any atom is -0.444 e. The lowest BCUT2D eigenvalue weighted by atomic mass is 10.1. The first-order valence-corrected chi connectivity index (χ1v) is 6.10. The number of nitrogens with zero attached hydrogens (tertiary/aromatic N) is 1. The van der Waals surface area contributed by atoms with E-state index in [1.807, 2.05) is 0 Å². The summed E-state index contributed by atoms with van der Waals surface area (Å²) < 4.78 is 18.6. The van der Waals surface area contributed by atoms with Gasteiger partial charge in [0.25, 0.3) is 0 Å². The van der Waals surface area contributed by atoms with Gasteiger partial charge in [0, 0.05) is 18.8 Å². The number of halogens is 1. The largest absolute Gasteiger partial charge is 0.444 e. The molecule has 0 fully saturated rings. The molecular formula is C13H20FN3O2. The van der Waals surface area contributed by atoms with Crippen LogP contribution in [0.1, 0.15) is 26.3 Å². The van der Waals surface area contributed by atoms with Gasteiger partial charge >= 0.3 is 6.09 Å². The summed E-state index contributed by atoms with van der Waals surface area (Å²) in [4.78, 5) is 15.3. The Hall–Kier alpha value is -1.69. The van der Waals surface area contributed by atoms with E-state index in [9.17, 15) is 9.18 Å². The maximum Gasteiger partial charge on any atom is 0.407 e. The van der Waals surface area contributed by atoms with E-state index in [0.717, 1.165) is 6.20 Å². The van der Waals surface area contributed by atoms with E-state index >= 15 is 0 Å². The van der Waals surface area contributed by atoms with E-state index in [1.54, 1.807) is 26.8 Å². The van der Waals surface area contributed by atoms with Gasteiger partial charge in [-0.2, -0.15) is 0 Å². The Morgan fingerprint density at radius 1 is 1.58 bits per heavy atom. The first-order chi connectivity index (χ1) is 8.81. The van der Waals surface area contributed by atoms with Crippen molar-refractivity contribution in [2.24, 2.45) is 5.73 Å². The quantitative estimate of drug-likeness (QED) is 0.870. The second-order valence-corrected chi connectivity index (χ2v) is 5.25. The molecule has 6 heteroatoms. The van der Waals surface area contributed by atoms with Crippen LogP contribution in [0, 0.1) is 5.82 Å². The lowest BCUT2D eigenvalue weighted by molar-refractivity contribution is 0.0505. The van der Waals surface area contributed by atoms with Crippen molar-refractivity contribution in [2.45, 2.75) is 38.8 Å². The maximum absolute atomic E-state index is 13.4. The average Bonchev–Trinajstić information content (AvgIpc) is 2.28. The minimum absolute atomic E-state index is 0.195. The number of carbonyl (C=O) groups is 1. The van der Waals surface area contributed by atoms with Crippen molar-refractivity contribution in [2.75, 3.05) is 6.54 Å². The van der Waals surface area contributed by atoms with E-state index in [4.69, 9.17) is 10.5 Å². The lowest BCUT2D eigenvalue weighted by Crippen LogP contribution is -2.44. The van der Waals surface area contributed by atoms with E-state index in [2.05, 4.69) is 10.3 Å². The van der Waals surface area contributed by atoms with Gasteiger partial charge in [0.1, 0.15) is 11.4 Å². The number of pyridine rings is 1. The Labute approximate surface area is 112 Å². The number of aromatic nitrogens is 1. The summed E-state index contributed by atoms with van der Waals surface area (Å²) in [6.07, 6.45) is 2.37. The predicted octanol–water partition coefficient (Wildman–Crippen LogP) is 1.62. The third-order valence-corrected chi connectivity index (χ3v) is 2.33. The molecule has 0 spiro atoms. The van der Waals surface area contributed by atoms with Crippen molar-refractivity contribution in [3.8, 4) is 0 Å². The van der Waals surface area contributed by atoms with Crippen LogP contribution in [-0.2, 0) is 11.2 Å². The molecule has 19 heavy (non-hydrogen) atoms. The SMILES string of the molecule is CC(C)(C)OC(=O)NC(CN)Cc1ccncc1F. The third kappa shape index (κ3) is 5.65.